The fourth-order valence-corrected chi connectivity index (χ4v) is 2.97. The van der Waals surface area contributed by atoms with Gasteiger partial charge in [-0.1, -0.05) is 45.0 Å². The minimum atomic E-state index is 0.268. The number of benzene rings is 1. The Balaban J connectivity index is 1.92. The lowest BCUT2D eigenvalue weighted by molar-refractivity contribution is 0.333. The Morgan fingerprint density at radius 1 is 1.06 bits per heavy atom. The SMILES string of the molecule is CC(C)(C)c1ccccc1CCCN1CCCC1. The van der Waals surface area contributed by atoms with Crippen molar-refractivity contribution in [1.82, 2.24) is 4.90 Å². The van der Waals surface area contributed by atoms with E-state index in [0.717, 1.165) is 0 Å². The Morgan fingerprint density at radius 3 is 2.39 bits per heavy atom. The molecule has 18 heavy (non-hydrogen) atoms. The number of rotatable bonds is 4. The molecule has 1 saturated heterocycles. The van der Waals surface area contributed by atoms with Gasteiger partial charge in [0.2, 0.25) is 0 Å². The van der Waals surface area contributed by atoms with E-state index in [2.05, 4.69) is 49.9 Å². The minimum absolute atomic E-state index is 0.268. The van der Waals surface area contributed by atoms with Gasteiger partial charge in [0.1, 0.15) is 0 Å². The van der Waals surface area contributed by atoms with Crippen LogP contribution in [0.25, 0.3) is 0 Å². The van der Waals surface area contributed by atoms with Crippen molar-refractivity contribution in [3.05, 3.63) is 35.4 Å². The van der Waals surface area contributed by atoms with Gasteiger partial charge in [-0.2, -0.15) is 0 Å². The van der Waals surface area contributed by atoms with Gasteiger partial charge in [0.25, 0.3) is 0 Å². The lowest BCUT2D eigenvalue weighted by Crippen LogP contribution is -2.21. The fourth-order valence-electron chi connectivity index (χ4n) is 2.97. The standard InChI is InChI=1S/C17H27N/c1-17(2,3)16-11-5-4-9-15(16)10-8-14-18-12-6-7-13-18/h4-5,9,11H,6-8,10,12-14H2,1-3H3. The van der Waals surface area contributed by atoms with Gasteiger partial charge >= 0.3 is 0 Å². The van der Waals surface area contributed by atoms with E-state index in [0.29, 0.717) is 0 Å². The molecule has 2 rings (SSSR count). The maximum absolute atomic E-state index is 2.61. The van der Waals surface area contributed by atoms with Crippen molar-refractivity contribution in [3.8, 4) is 0 Å². The topological polar surface area (TPSA) is 3.24 Å². The van der Waals surface area contributed by atoms with E-state index in [1.54, 1.807) is 5.56 Å². The molecule has 0 bridgehead atoms. The van der Waals surface area contributed by atoms with Crippen molar-refractivity contribution in [1.29, 1.82) is 0 Å². The molecular weight excluding hydrogens is 218 g/mol. The van der Waals surface area contributed by atoms with Gasteiger partial charge in [-0.25, -0.2) is 0 Å². The summed E-state index contributed by atoms with van der Waals surface area (Å²) in [4.78, 5) is 2.61. The highest BCUT2D eigenvalue weighted by molar-refractivity contribution is 5.32. The van der Waals surface area contributed by atoms with Crippen LogP contribution in [0, 0.1) is 0 Å². The van der Waals surface area contributed by atoms with Gasteiger partial charge in [0, 0.05) is 0 Å². The predicted octanol–water partition coefficient (Wildman–Crippen LogP) is 4.01. The molecule has 1 nitrogen and oxygen atoms in total. The molecule has 1 aliphatic rings. The highest BCUT2D eigenvalue weighted by Gasteiger charge is 2.17. The molecule has 100 valence electrons. The van der Waals surface area contributed by atoms with Crippen molar-refractivity contribution in [2.24, 2.45) is 0 Å². The minimum Gasteiger partial charge on any atom is -0.303 e. The zero-order valence-electron chi connectivity index (χ0n) is 12.2. The first-order valence-corrected chi connectivity index (χ1v) is 7.38. The van der Waals surface area contributed by atoms with Crippen molar-refractivity contribution in [2.75, 3.05) is 19.6 Å². The molecule has 0 saturated carbocycles. The maximum atomic E-state index is 2.61. The zero-order chi connectivity index (χ0) is 13.0. The van der Waals surface area contributed by atoms with Gasteiger partial charge in [-0.3, -0.25) is 0 Å². The second-order valence-corrected chi connectivity index (χ2v) is 6.56. The molecule has 0 aliphatic carbocycles. The van der Waals surface area contributed by atoms with Crippen LogP contribution >= 0.6 is 0 Å². The summed E-state index contributed by atoms with van der Waals surface area (Å²) in [6.07, 6.45) is 5.33. The molecule has 1 heteroatoms. The predicted molar refractivity (Wildman–Crippen MR) is 79.1 cm³/mol. The molecule has 0 radical (unpaired) electrons. The maximum Gasteiger partial charge on any atom is -0.00156 e. The lowest BCUT2D eigenvalue weighted by Gasteiger charge is -2.23. The zero-order valence-corrected chi connectivity index (χ0v) is 12.2. The molecule has 0 unspecified atom stereocenters. The monoisotopic (exact) mass is 245 g/mol. The van der Waals surface area contributed by atoms with Gasteiger partial charge in [-0.05, 0) is 61.9 Å². The van der Waals surface area contributed by atoms with Crippen molar-refractivity contribution in [3.63, 3.8) is 0 Å². The average molecular weight is 245 g/mol. The Kier molecular flexibility index (Phi) is 4.45. The third kappa shape index (κ3) is 3.58. The summed E-state index contributed by atoms with van der Waals surface area (Å²) in [6.45, 7) is 10.9. The van der Waals surface area contributed by atoms with Crippen molar-refractivity contribution < 1.29 is 0 Å². The first-order chi connectivity index (χ1) is 8.57. The van der Waals surface area contributed by atoms with Crippen LogP contribution in [0.3, 0.4) is 0 Å². The summed E-state index contributed by atoms with van der Waals surface area (Å²) in [6, 6.07) is 8.96. The van der Waals surface area contributed by atoms with Crippen LogP contribution in [-0.4, -0.2) is 24.5 Å². The van der Waals surface area contributed by atoms with E-state index in [4.69, 9.17) is 0 Å². The molecule has 0 aromatic heterocycles. The van der Waals surface area contributed by atoms with E-state index < -0.39 is 0 Å². The third-order valence-electron chi connectivity index (χ3n) is 3.94. The van der Waals surface area contributed by atoms with Crippen LogP contribution in [0.4, 0.5) is 0 Å². The van der Waals surface area contributed by atoms with E-state index in [1.807, 2.05) is 0 Å². The molecule has 0 atom stereocenters. The van der Waals surface area contributed by atoms with E-state index in [1.165, 1.54) is 50.9 Å². The summed E-state index contributed by atoms with van der Waals surface area (Å²) in [7, 11) is 0. The first-order valence-electron chi connectivity index (χ1n) is 7.38. The summed E-state index contributed by atoms with van der Waals surface area (Å²) in [5.74, 6) is 0. The van der Waals surface area contributed by atoms with E-state index in [-0.39, 0.29) is 5.41 Å². The number of hydrogen-bond donors (Lipinski definition) is 0. The van der Waals surface area contributed by atoms with E-state index in [9.17, 15) is 0 Å². The van der Waals surface area contributed by atoms with E-state index >= 15 is 0 Å². The highest BCUT2D eigenvalue weighted by Crippen LogP contribution is 2.26. The molecule has 1 heterocycles. The summed E-state index contributed by atoms with van der Waals surface area (Å²) in [5.41, 5.74) is 3.33. The van der Waals surface area contributed by atoms with Crippen LogP contribution in [0.5, 0.6) is 0 Å². The Labute approximate surface area is 112 Å². The number of hydrogen-bond acceptors (Lipinski definition) is 1. The molecule has 0 N–H and O–H groups in total. The lowest BCUT2D eigenvalue weighted by atomic mass is 9.82. The summed E-state index contributed by atoms with van der Waals surface area (Å²) < 4.78 is 0. The summed E-state index contributed by atoms with van der Waals surface area (Å²) >= 11 is 0. The smallest absolute Gasteiger partial charge is 0.00156 e. The molecule has 0 spiro atoms. The van der Waals surface area contributed by atoms with Gasteiger partial charge in [0.15, 0.2) is 0 Å². The number of nitrogens with zero attached hydrogens (tertiary/aromatic N) is 1. The van der Waals surface area contributed by atoms with Crippen LogP contribution in [0.1, 0.15) is 51.2 Å². The van der Waals surface area contributed by atoms with Gasteiger partial charge in [-0.15, -0.1) is 0 Å². The molecule has 1 aromatic rings. The second-order valence-electron chi connectivity index (χ2n) is 6.56. The Morgan fingerprint density at radius 2 is 1.72 bits per heavy atom. The van der Waals surface area contributed by atoms with Crippen LogP contribution in [0.2, 0.25) is 0 Å². The van der Waals surface area contributed by atoms with Crippen molar-refractivity contribution in [2.45, 2.75) is 51.9 Å². The average Bonchev–Trinajstić information content (AvgIpc) is 2.81. The second kappa shape index (κ2) is 5.88. The molecule has 1 fully saturated rings. The summed E-state index contributed by atoms with van der Waals surface area (Å²) in [5, 5.41) is 0. The van der Waals surface area contributed by atoms with Crippen LogP contribution < -0.4 is 0 Å². The van der Waals surface area contributed by atoms with Gasteiger partial charge in [0.05, 0.1) is 0 Å². The normalized spacial score (nSPS) is 17.3. The number of likely N-dealkylation sites (tertiary alicyclic amines) is 1. The van der Waals surface area contributed by atoms with Crippen molar-refractivity contribution >= 4 is 0 Å². The fraction of sp³-hybridized carbons (Fsp3) is 0.647. The van der Waals surface area contributed by atoms with Crippen LogP contribution in [-0.2, 0) is 11.8 Å². The van der Waals surface area contributed by atoms with Gasteiger partial charge < -0.3 is 4.90 Å². The quantitative estimate of drug-likeness (QED) is 0.774. The Hall–Kier alpha value is -0.820. The molecule has 0 amide bonds. The number of aryl methyl sites for hydroxylation is 1. The highest BCUT2D eigenvalue weighted by atomic mass is 15.1. The molecular formula is C17H27N. The van der Waals surface area contributed by atoms with Crippen LogP contribution in [0.15, 0.2) is 24.3 Å². The first kappa shape index (κ1) is 13.6. The Bertz CT molecular complexity index is 369. The molecule has 1 aliphatic heterocycles. The molecule has 1 aromatic carbocycles. The largest absolute Gasteiger partial charge is 0.303 e. The third-order valence-corrected chi connectivity index (χ3v) is 3.94.